The normalized spacial score (nSPS) is 14.7. The van der Waals surface area contributed by atoms with Crippen molar-refractivity contribution in [3.8, 4) is 11.3 Å². The number of H-pyrrole nitrogens is 1. The molecule has 17 heteroatoms. The Morgan fingerprint density at radius 3 is 2.48 bits per heavy atom. The zero-order valence-corrected chi connectivity index (χ0v) is 27.8. The van der Waals surface area contributed by atoms with Gasteiger partial charge < -0.3 is 29.7 Å². The SMILES string of the molecule is Cc1cc2c(cc1N1CCNCC1)[nH]c1ncnc(-c3cc(CO)c([C@@H](C)N(OC(=O)C(F)(F)F)C(=O)c4nc(C(C)(C)C)no4)cc3F)c12. The van der Waals surface area contributed by atoms with Crippen LogP contribution in [-0.4, -0.2) is 79.5 Å². The molecule has 3 N–H and O–H groups in total. The molecule has 1 atom stereocenters. The van der Waals surface area contributed by atoms with Crippen LogP contribution in [0.5, 0.6) is 0 Å². The highest BCUT2D eigenvalue weighted by atomic mass is 19.4. The number of benzene rings is 2. The van der Waals surface area contributed by atoms with Gasteiger partial charge in [-0.3, -0.25) is 4.79 Å². The number of halogens is 4. The van der Waals surface area contributed by atoms with E-state index in [0.717, 1.165) is 54.4 Å². The summed E-state index contributed by atoms with van der Waals surface area (Å²) in [6.45, 7) is 11.0. The number of fused-ring (bicyclic) bond motifs is 3. The van der Waals surface area contributed by atoms with E-state index < -0.39 is 47.8 Å². The predicted molar refractivity (Wildman–Crippen MR) is 172 cm³/mol. The van der Waals surface area contributed by atoms with Gasteiger partial charge in [-0.05, 0) is 54.8 Å². The average Bonchev–Trinajstić information content (AvgIpc) is 3.72. The number of carbonyl (C=O) groups excluding carboxylic acids is 2. The van der Waals surface area contributed by atoms with Crippen molar-refractivity contribution < 1.29 is 41.6 Å². The number of nitrogens with zero attached hydrogens (tertiary/aromatic N) is 6. The second kappa shape index (κ2) is 12.9. The first-order valence-corrected chi connectivity index (χ1v) is 15.7. The number of hydrogen-bond donors (Lipinski definition) is 3. The van der Waals surface area contributed by atoms with Crippen LogP contribution in [0, 0.1) is 12.7 Å². The Labute approximate surface area is 282 Å². The lowest BCUT2D eigenvalue weighted by Gasteiger charge is -2.30. The van der Waals surface area contributed by atoms with Gasteiger partial charge in [0.1, 0.15) is 17.8 Å². The number of amides is 1. The Morgan fingerprint density at radius 2 is 1.84 bits per heavy atom. The topological polar surface area (TPSA) is 163 Å². The Balaban J connectivity index is 1.42. The molecule has 264 valence electrons. The Bertz CT molecular complexity index is 2100. The van der Waals surface area contributed by atoms with Crippen LogP contribution in [-0.2, 0) is 21.7 Å². The van der Waals surface area contributed by atoms with Crippen molar-refractivity contribution in [1.29, 1.82) is 0 Å². The fourth-order valence-electron chi connectivity index (χ4n) is 5.93. The molecular formula is C33H34F4N8O5. The van der Waals surface area contributed by atoms with Gasteiger partial charge in [-0.25, -0.2) is 19.2 Å². The summed E-state index contributed by atoms with van der Waals surface area (Å²) in [5.74, 6) is -5.69. The molecule has 4 heterocycles. The molecule has 5 aromatic rings. The van der Waals surface area contributed by atoms with Gasteiger partial charge in [0.05, 0.1) is 23.7 Å². The highest BCUT2D eigenvalue weighted by Crippen LogP contribution is 2.39. The molecule has 1 amide bonds. The van der Waals surface area contributed by atoms with Gasteiger partial charge in [-0.1, -0.05) is 25.9 Å². The Morgan fingerprint density at radius 1 is 1.12 bits per heavy atom. The van der Waals surface area contributed by atoms with Crippen LogP contribution in [0.25, 0.3) is 33.2 Å². The highest BCUT2D eigenvalue weighted by Gasteiger charge is 2.45. The third-order valence-corrected chi connectivity index (χ3v) is 8.51. The van der Waals surface area contributed by atoms with E-state index in [4.69, 9.17) is 4.52 Å². The third kappa shape index (κ3) is 6.45. The minimum absolute atomic E-state index is 0.0134. The molecule has 50 heavy (non-hydrogen) atoms. The van der Waals surface area contributed by atoms with Crippen molar-refractivity contribution in [2.75, 3.05) is 31.1 Å². The van der Waals surface area contributed by atoms with Gasteiger partial charge in [-0.15, -0.1) is 0 Å². The molecule has 0 spiro atoms. The molecule has 1 fully saturated rings. The summed E-state index contributed by atoms with van der Waals surface area (Å²) >= 11 is 0. The van der Waals surface area contributed by atoms with E-state index >= 15 is 4.39 Å². The number of hydrogen-bond acceptors (Lipinski definition) is 11. The van der Waals surface area contributed by atoms with Crippen LogP contribution in [0.2, 0.25) is 0 Å². The Kier molecular flexibility index (Phi) is 8.98. The molecule has 3 aromatic heterocycles. The van der Waals surface area contributed by atoms with Crippen molar-refractivity contribution in [2.24, 2.45) is 0 Å². The van der Waals surface area contributed by atoms with Gasteiger partial charge in [0.25, 0.3) is 0 Å². The van der Waals surface area contributed by atoms with Crippen molar-refractivity contribution in [2.45, 2.75) is 58.9 Å². The lowest BCUT2D eigenvalue weighted by Crippen LogP contribution is -2.43. The minimum atomic E-state index is -5.49. The molecule has 1 aliphatic rings. The maximum Gasteiger partial charge on any atom is 0.493 e. The first-order chi connectivity index (χ1) is 23.6. The van der Waals surface area contributed by atoms with Gasteiger partial charge in [0, 0.05) is 53.7 Å². The smallest absolute Gasteiger partial charge is 0.392 e. The largest absolute Gasteiger partial charge is 0.493 e. The number of aliphatic hydroxyl groups is 1. The minimum Gasteiger partial charge on any atom is -0.392 e. The monoisotopic (exact) mass is 698 g/mol. The summed E-state index contributed by atoms with van der Waals surface area (Å²) in [5.41, 5.74) is 2.54. The van der Waals surface area contributed by atoms with Crippen LogP contribution in [0.15, 0.2) is 35.1 Å². The van der Waals surface area contributed by atoms with E-state index in [2.05, 4.69) is 40.1 Å². The number of aromatic amines is 1. The number of carbonyl (C=O) groups is 2. The molecule has 0 bridgehead atoms. The van der Waals surface area contributed by atoms with Crippen LogP contribution in [0.1, 0.15) is 66.9 Å². The van der Waals surface area contributed by atoms with Gasteiger partial charge in [-0.2, -0.15) is 23.2 Å². The Hall–Kier alpha value is -5.16. The summed E-state index contributed by atoms with van der Waals surface area (Å²) in [4.78, 5) is 48.2. The van der Waals surface area contributed by atoms with E-state index in [1.807, 2.05) is 19.1 Å². The summed E-state index contributed by atoms with van der Waals surface area (Å²) in [6, 6.07) is 4.64. The van der Waals surface area contributed by atoms with Gasteiger partial charge >= 0.3 is 23.9 Å². The van der Waals surface area contributed by atoms with Crippen LogP contribution < -0.4 is 10.2 Å². The molecule has 2 aromatic carbocycles. The summed E-state index contributed by atoms with van der Waals surface area (Å²) < 4.78 is 61.2. The number of aromatic nitrogens is 5. The molecule has 0 aliphatic carbocycles. The third-order valence-electron chi connectivity index (χ3n) is 8.51. The number of aliphatic hydroxyl groups excluding tert-OH is 1. The number of alkyl halides is 3. The second-order valence-electron chi connectivity index (χ2n) is 13.0. The number of anilines is 1. The van der Waals surface area contributed by atoms with Gasteiger partial charge in [0.15, 0.2) is 5.82 Å². The first-order valence-electron chi connectivity index (χ1n) is 15.7. The highest BCUT2D eigenvalue weighted by molar-refractivity contribution is 6.13. The number of hydroxylamine groups is 2. The fourth-order valence-corrected chi connectivity index (χ4v) is 5.93. The molecule has 0 saturated carbocycles. The summed E-state index contributed by atoms with van der Waals surface area (Å²) in [7, 11) is 0. The lowest BCUT2D eigenvalue weighted by atomic mass is 9.95. The number of rotatable bonds is 6. The quantitative estimate of drug-likeness (QED) is 0.161. The van der Waals surface area contributed by atoms with Crippen molar-refractivity contribution in [3.63, 3.8) is 0 Å². The molecule has 0 unspecified atom stereocenters. The summed E-state index contributed by atoms with van der Waals surface area (Å²) in [6.07, 6.45) is -4.22. The molecule has 6 rings (SSSR count). The zero-order valence-electron chi connectivity index (χ0n) is 27.8. The molecule has 0 radical (unpaired) electrons. The fraction of sp³-hybridized carbons (Fsp3) is 0.394. The van der Waals surface area contributed by atoms with E-state index in [1.54, 1.807) is 20.8 Å². The van der Waals surface area contributed by atoms with Crippen LogP contribution in [0.3, 0.4) is 0 Å². The van der Waals surface area contributed by atoms with Crippen molar-refractivity contribution >= 4 is 39.5 Å². The van der Waals surface area contributed by atoms with Crippen LogP contribution in [0.4, 0.5) is 23.2 Å². The maximum atomic E-state index is 16.2. The molecule has 13 nitrogen and oxygen atoms in total. The van der Waals surface area contributed by atoms with Crippen molar-refractivity contribution in [1.82, 2.24) is 35.5 Å². The zero-order chi connectivity index (χ0) is 36.1. The predicted octanol–water partition coefficient (Wildman–Crippen LogP) is 5.03. The molecule has 1 aliphatic heterocycles. The second-order valence-corrected chi connectivity index (χ2v) is 13.0. The molecular weight excluding hydrogens is 664 g/mol. The first kappa shape index (κ1) is 34.7. The maximum absolute atomic E-state index is 16.2. The molecule has 1 saturated heterocycles. The number of nitrogens with one attached hydrogen (secondary N) is 2. The van der Waals surface area contributed by atoms with E-state index in [0.29, 0.717) is 11.0 Å². The summed E-state index contributed by atoms with van der Waals surface area (Å²) in [5, 5.41) is 18.8. The average molecular weight is 699 g/mol. The number of aryl methyl sites for hydroxylation is 1. The van der Waals surface area contributed by atoms with E-state index in [1.165, 1.54) is 19.3 Å². The van der Waals surface area contributed by atoms with Crippen molar-refractivity contribution in [3.05, 3.63) is 64.8 Å². The standard InChI is InChI=1S/C33H34F4N8O5/c1-16-10-21-23(13-24(16)44-8-6-38-7-9-44)41-27-25(21)26(39-15-40-27)20-11-18(14-46)19(12-22(20)34)17(2)45(50-31(48)33(35,36)37)29(47)28-42-30(43-49-28)32(3,4)5/h10-13,15,17,38,46H,6-9,14H2,1-5H3,(H,39,40,41)/t17-/m1/s1. The van der Waals surface area contributed by atoms with E-state index in [-0.39, 0.29) is 33.3 Å². The van der Waals surface area contributed by atoms with E-state index in [9.17, 15) is 27.9 Å². The van der Waals surface area contributed by atoms with Crippen LogP contribution >= 0.6 is 0 Å². The van der Waals surface area contributed by atoms with Gasteiger partial charge in [0.2, 0.25) is 0 Å². The lowest BCUT2D eigenvalue weighted by molar-refractivity contribution is -0.234. The number of piperazine rings is 1.